The van der Waals surface area contributed by atoms with Gasteiger partial charge >= 0.3 is 0 Å². The summed E-state index contributed by atoms with van der Waals surface area (Å²) >= 11 is 0. The number of aryl methyl sites for hydroxylation is 2. The summed E-state index contributed by atoms with van der Waals surface area (Å²) in [5.74, 6) is 0. The molecule has 0 unspecified atom stereocenters. The second kappa shape index (κ2) is 5.10. The molecule has 0 amide bonds. The molecule has 3 aromatic rings. The van der Waals surface area contributed by atoms with Gasteiger partial charge in [0.2, 0.25) is 0 Å². The number of H-pyrrole nitrogens is 1. The fourth-order valence-electron chi connectivity index (χ4n) is 2.43. The lowest BCUT2D eigenvalue weighted by molar-refractivity contribution is -0.384. The minimum absolute atomic E-state index is 0.0331. The molecule has 0 saturated heterocycles. The van der Waals surface area contributed by atoms with Crippen molar-refractivity contribution in [1.82, 2.24) is 14.6 Å². The molecule has 0 fully saturated rings. The molecule has 0 aliphatic heterocycles. The Morgan fingerprint density at radius 3 is 2.59 bits per heavy atom. The van der Waals surface area contributed by atoms with Gasteiger partial charge in [0.1, 0.15) is 0 Å². The number of non-ortho nitro benzene ring substituents is 1. The third-order valence-electron chi connectivity index (χ3n) is 3.57. The van der Waals surface area contributed by atoms with Crippen LogP contribution in [0.25, 0.3) is 5.65 Å². The molecule has 112 valence electrons. The van der Waals surface area contributed by atoms with E-state index in [1.54, 1.807) is 19.1 Å². The van der Waals surface area contributed by atoms with E-state index >= 15 is 0 Å². The van der Waals surface area contributed by atoms with Gasteiger partial charge in [0.25, 0.3) is 11.2 Å². The van der Waals surface area contributed by atoms with Crippen LogP contribution in [0.4, 0.5) is 5.69 Å². The highest BCUT2D eigenvalue weighted by Crippen LogP contribution is 2.15. The molecular formula is C15H14N4O3. The number of rotatable bonds is 3. The van der Waals surface area contributed by atoms with Crippen LogP contribution in [0.5, 0.6) is 0 Å². The summed E-state index contributed by atoms with van der Waals surface area (Å²) in [5, 5.41) is 13.6. The van der Waals surface area contributed by atoms with Crippen molar-refractivity contribution in [2.75, 3.05) is 0 Å². The normalized spacial score (nSPS) is 11.0. The summed E-state index contributed by atoms with van der Waals surface area (Å²) in [7, 11) is 0. The first-order valence-electron chi connectivity index (χ1n) is 6.77. The molecule has 0 spiro atoms. The van der Waals surface area contributed by atoms with Crippen molar-refractivity contribution in [3.63, 3.8) is 0 Å². The fraction of sp³-hybridized carbons (Fsp3) is 0.200. The molecular weight excluding hydrogens is 284 g/mol. The molecule has 2 aromatic heterocycles. The van der Waals surface area contributed by atoms with Gasteiger partial charge in [-0.1, -0.05) is 12.1 Å². The Balaban J connectivity index is 2.03. The Morgan fingerprint density at radius 1 is 1.27 bits per heavy atom. The molecule has 0 atom stereocenters. The van der Waals surface area contributed by atoms with Gasteiger partial charge < -0.3 is 0 Å². The fourth-order valence-corrected chi connectivity index (χ4v) is 2.43. The molecule has 0 bridgehead atoms. The Bertz CT molecular complexity index is 922. The first-order valence-corrected chi connectivity index (χ1v) is 6.77. The molecule has 3 rings (SSSR count). The quantitative estimate of drug-likeness (QED) is 0.592. The SMILES string of the molecule is Cc1cc2nc(C)c(Cc3ccc([N+](=O)[O-])cc3)c(=O)n2[nH]1. The van der Waals surface area contributed by atoms with E-state index in [-0.39, 0.29) is 11.2 Å². The largest absolute Gasteiger partial charge is 0.294 e. The van der Waals surface area contributed by atoms with E-state index < -0.39 is 4.92 Å². The molecule has 7 nitrogen and oxygen atoms in total. The molecule has 1 aromatic carbocycles. The molecule has 2 heterocycles. The minimum atomic E-state index is -0.445. The van der Waals surface area contributed by atoms with Gasteiger partial charge in [0.15, 0.2) is 5.65 Å². The van der Waals surface area contributed by atoms with Crippen molar-refractivity contribution in [3.8, 4) is 0 Å². The zero-order valence-corrected chi connectivity index (χ0v) is 12.2. The van der Waals surface area contributed by atoms with Gasteiger partial charge in [-0.15, -0.1) is 0 Å². The number of benzene rings is 1. The number of hydrogen-bond donors (Lipinski definition) is 1. The molecule has 0 aliphatic rings. The third kappa shape index (κ3) is 2.37. The van der Waals surface area contributed by atoms with Crippen LogP contribution in [0.3, 0.4) is 0 Å². The predicted molar refractivity (Wildman–Crippen MR) is 81.2 cm³/mol. The molecule has 0 saturated carbocycles. The second-order valence-electron chi connectivity index (χ2n) is 5.21. The van der Waals surface area contributed by atoms with E-state index in [2.05, 4.69) is 10.1 Å². The van der Waals surface area contributed by atoms with Crippen LogP contribution in [0.1, 0.15) is 22.5 Å². The van der Waals surface area contributed by atoms with E-state index in [1.807, 2.05) is 13.0 Å². The lowest BCUT2D eigenvalue weighted by Crippen LogP contribution is -2.22. The second-order valence-corrected chi connectivity index (χ2v) is 5.21. The van der Waals surface area contributed by atoms with Gasteiger partial charge in [-0.05, 0) is 19.4 Å². The highest BCUT2D eigenvalue weighted by molar-refractivity contribution is 5.43. The summed E-state index contributed by atoms with van der Waals surface area (Å²) in [5.41, 5.74) is 3.41. The average Bonchev–Trinajstić information content (AvgIpc) is 2.84. The maximum absolute atomic E-state index is 12.5. The first kappa shape index (κ1) is 14.0. The van der Waals surface area contributed by atoms with Gasteiger partial charge in [0, 0.05) is 41.6 Å². The maximum Gasteiger partial charge on any atom is 0.276 e. The number of nitro benzene ring substituents is 1. The topological polar surface area (TPSA) is 93.3 Å². The number of aromatic nitrogens is 3. The van der Waals surface area contributed by atoms with Crippen molar-refractivity contribution in [3.05, 3.63) is 73.3 Å². The Hall–Kier alpha value is -2.96. The number of aromatic amines is 1. The zero-order chi connectivity index (χ0) is 15.9. The standard InChI is InChI=1S/C15H14N4O3/c1-9-7-14-16-10(2)13(15(20)18(14)17-9)8-11-3-5-12(6-4-11)19(21)22/h3-7,17H,8H2,1-2H3. The monoisotopic (exact) mass is 298 g/mol. The number of hydrogen-bond acceptors (Lipinski definition) is 4. The number of nitro groups is 1. The summed E-state index contributed by atoms with van der Waals surface area (Å²) in [6.45, 7) is 3.66. The third-order valence-corrected chi connectivity index (χ3v) is 3.57. The van der Waals surface area contributed by atoms with Crippen LogP contribution in [0.15, 0.2) is 35.1 Å². The van der Waals surface area contributed by atoms with Gasteiger partial charge in [0.05, 0.1) is 4.92 Å². The first-order chi connectivity index (χ1) is 10.5. The lowest BCUT2D eigenvalue weighted by atomic mass is 10.0. The zero-order valence-electron chi connectivity index (χ0n) is 12.2. The summed E-state index contributed by atoms with van der Waals surface area (Å²) in [4.78, 5) is 27.2. The smallest absolute Gasteiger partial charge is 0.276 e. The van der Waals surface area contributed by atoms with Crippen LogP contribution in [-0.2, 0) is 6.42 Å². The summed E-state index contributed by atoms with van der Waals surface area (Å²) in [6, 6.07) is 8.00. The number of nitrogens with one attached hydrogen (secondary N) is 1. The van der Waals surface area contributed by atoms with Crippen LogP contribution in [0, 0.1) is 24.0 Å². The number of nitrogens with zero attached hydrogens (tertiary/aromatic N) is 3. The van der Waals surface area contributed by atoms with Crippen molar-refractivity contribution in [2.24, 2.45) is 0 Å². The lowest BCUT2D eigenvalue weighted by Gasteiger charge is -2.05. The van der Waals surface area contributed by atoms with Gasteiger partial charge in [-0.25, -0.2) is 9.50 Å². The molecule has 1 N–H and O–H groups in total. The highest BCUT2D eigenvalue weighted by Gasteiger charge is 2.12. The average molecular weight is 298 g/mol. The Morgan fingerprint density at radius 2 is 1.95 bits per heavy atom. The Kier molecular flexibility index (Phi) is 3.25. The van der Waals surface area contributed by atoms with E-state index in [9.17, 15) is 14.9 Å². The van der Waals surface area contributed by atoms with Crippen molar-refractivity contribution < 1.29 is 4.92 Å². The summed E-state index contributed by atoms with van der Waals surface area (Å²) in [6.07, 6.45) is 0.386. The molecule has 22 heavy (non-hydrogen) atoms. The predicted octanol–water partition coefficient (Wildman–Crippen LogP) is 2.14. The maximum atomic E-state index is 12.5. The van der Waals surface area contributed by atoms with Crippen LogP contribution >= 0.6 is 0 Å². The van der Waals surface area contributed by atoms with Crippen molar-refractivity contribution in [2.45, 2.75) is 20.3 Å². The molecule has 0 radical (unpaired) electrons. The van der Waals surface area contributed by atoms with Crippen LogP contribution < -0.4 is 5.56 Å². The van der Waals surface area contributed by atoms with Crippen LogP contribution in [0.2, 0.25) is 0 Å². The Labute approximate surface area is 125 Å². The van der Waals surface area contributed by atoms with Gasteiger partial charge in [-0.3, -0.25) is 20.0 Å². The van der Waals surface area contributed by atoms with E-state index in [4.69, 9.17) is 0 Å². The van der Waals surface area contributed by atoms with Crippen molar-refractivity contribution >= 4 is 11.3 Å². The van der Waals surface area contributed by atoms with Crippen molar-refractivity contribution in [1.29, 1.82) is 0 Å². The summed E-state index contributed by atoms with van der Waals surface area (Å²) < 4.78 is 1.42. The van der Waals surface area contributed by atoms with E-state index in [1.165, 1.54) is 16.6 Å². The highest BCUT2D eigenvalue weighted by atomic mass is 16.6. The van der Waals surface area contributed by atoms with E-state index in [0.29, 0.717) is 23.3 Å². The van der Waals surface area contributed by atoms with Crippen LogP contribution in [-0.4, -0.2) is 19.5 Å². The van der Waals surface area contributed by atoms with Gasteiger partial charge in [-0.2, -0.15) is 0 Å². The molecule has 7 heteroatoms. The molecule has 0 aliphatic carbocycles. The number of fused-ring (bicyclic) bond motifs is 1. The van der Waals surface area contributed by atoms with E-state index in [0.717, 1.165) is 11.3 Å². The minimum Gasteiger partial charge on any atom is -0.294 e.